The molecule has 0 N–H and O–H groups in total. The van der Waals surface area contributed by atoms with E-state index in [2.05, 4.69) is 171 Å². The first-order chi connectivity index (χ1) is 17.5. The fourth-order valence-electron chi connectivity index (χ4n) is 4.11. The lowest BCUT2D eigenvalue weighted by atomic mass is 10.1. The Balaban J connectivity index is 1.61. The quantitative estimate of drug-likeness (QED) is 0.172. The normalized spacial score (nSPS) is 10.8. The standard InChI is InChI=1S/C30H20Br4N2/c31-21-5-1-9-27(17-21)35(28-10-2-6-22(32)18-28)25-13-15-26(16-14-25)36(29-11-3-7-23(33)19-29)30-12-4-8-24(34)20-30/h1-20H. The number of rotatable bonds is 6. The third-order valence-electron chi connectivity index (χ3n) is 5.63. The SMILES string of the molecule is Brc1cccc(N(c2ccc(N(c3cccc(Br)c3)c3cccc(Br)c3)cc2)c2cccc(Br)c2)c1. The summed E-state index contributed by atoms with van der Waals surface area (Å²) in [5.74, 6) is 0. The molecule has 0 aliphatic rings. The molecule has 0 heterocycles. The van der Waals surface area contributed by atoms with E-state index in [4.69, 9.17) is 0 Å². The highest BCUT2D eigenvalue weighted by Crippen LogP contribution is 2.40. The summed E-state index contributed by atoms with van der Waals surface area (Å²) in [5.41, 5.74) is 6.44. The summed E-state index contributed by atoms with van der Waals surface area (Å²) in [6.45, 7) is 0. The van der Waals surface area contributed by atoms with Crippen LogP contribution >= 0.6 is 63.7 Å². The van der Waals surface area contributed by atoms with Crippen LogP contribution in [0.5, 0.6) is 0 Å². The third kappa shape index (κ3) is 5.78. The zero-order valence-electron chi connectivity index (χ0n) is 19.0. The average Bonchev–Trinajstić information content (AvgIpc) is 2.86. The molecular formula is C30H20Br4N2. The first kappa shape index (κ1) is 25.3. The van der Waals surface area contributed by atoms with Gasteiger partial charge in [0, 0.05) is 52.0 Å². The van der Waals surface area contributed by atoms with Gasteiger partial charge in [0.05, 0.1) is 0 Å². The highest BCUT2D eigenvalue weighted by Gasteiger charge is 2.16. The van der Waals surface area contributed by atoms with Crippen molar-refractivity contribution in [3.63, 3.8) is 0 Å². The van der Waals surface area contributed by atoms with Crippen molar-refractivity contribution in [2.45, 2.75) is 0 Å². The number of anilines is 6. The van der Waals surface area contributed by atoms with Crippen LogP contribution in [0.3, 0.4) is 0 Å². The van der Waals surface area contributed by atoms with Gasteiger partial charge in [-0.05, 0) is 97.1 Å². The molecule has 0 unspecified atom stereocenters. The summed E-state index contributed by atoms with van der Waals surface area (Å²) in [6.07, 6.45) is 0. The number of hydrogen-bond donors (Lipinski definition) is 0. The minimum Gasteiger partial charge on any atom is -0.310 e. The van der Waals surface area contributed by atoms with E-state index in [0.29, 0.717) is 0 Å². The van der Waals surface area contributed by atoms with Crippen LogP contribution in [-0.2, 0) is 0 Å². The van der Waals surface area contributed by atoms with E-state index in [0.717, 1.165) is 52.0 Å². The Kier molecular flexibility index (Phi) is 7.96. The highest BCUT2D eigenvalue weighted by atomic mass is 79.9. The second-order valence-corrected chi connectivity index (χ2v) is 11.8. The number of nitrogens with zero attached hydrogens (tertiary/aromatic N) is 2. The molecule has 36 heavy (non-hydrogen) atoms. The Morgan fingerprint density at radius 2 is 0.556 bits per heavy atom. The molecule has 0 aliphatic carbocycles. The number of benzene rings is 5. The van der Waals surface area contributed by atoms with Gasteiger partial charge >= 0.3 is 0 Å². The Morgan fingerprint density at radius 1 is 0.306 bits per heavy atom. The predicted molar refractivity (Wildman–Crippen MR) is 167 cm³/mol. The van der Waals surface area contributed by atoms with Crippen molar-refractivity contribution in [1.82, 2.24) is 0 Å². The van der Waals surface area contributed by atoms with Crippen molar-refractivity contribution in [1.29, 1.82) is 0 Å². The summed E-state index contributed by atoms with van der Waals surface area (Å²) in [7, 11) is 0. The Labute approximate surface area is 245 Å². The van der Waals surface area contributed by atoms with Gasteiger partial charge in [0.2, 0.25) is 0 Å². The fraction of sp³-hybridized carbons (Fsp3) is 0. The van der Waals surface area contributed by atoms with Crippen molar-refractivity contribution >= 4 is 97.8 Å². The summed E-state index contributed by atoms with van der Waals surface area (Å²) in [4.78, 5) is 4.50. The van der Waals surface area contributed by atoms with Crippen LogP contribution in [0.2, 0.25) is 0 Å². The van der Waals surface area contributed by atoms with Crippen LogP contribution in [-0.4, -0.2) is 0 Å². The van der Waals surface area contributed by atoms with Crippen molar-refractivity contribution in [2.24, 2.45) is 0 Å². The molecule has 5 aromatic carbocycles. The molecule has 5 aromatic rings. The van der Waals surface area contributed by atoms with Gasteiger partial charge in [0.1, 0.15) is 0 Å². The van der Waals surface area contributed by atoms with E-state index in [1.54, 1.807) is 0 Å². The third-order valence-corrected chi connectivity index (χ3v) is 7.60. The van der Waals surface area contributed by atoms with Gasteiger partial charge in [0.25, 0.3) is 0 Å². The number of halogens is 4. The summed E-state index contributed by atoms with van der Waals surface area (Å²) in [6, 6.07) is 42.1. The topological polar surface area (TPSA) is 6.48 Å². The molecule has 0 bridgehead atoms. The lowest BCUT2D eigenvalue weighted by molar-refractivity contribution is 1.25. The molecule has 0 radical (unpaired) electrons. The zero-order chi connectivity index (χ0) is 25.1. The van der Waals surface area contributed by atoms with Crippen LogP contribution < -0.4 is 9.80 Å². The van der Waals surface area contributed by atoms with E-state index in [1.165, 1.54) is 0 Å². The van der Waals surface area contributed by atoms with Crippen LogP contribution in [0.25, 0.3) is 0 Å². The largest absolute Gasteiger partial charge is 0.310 e. The van der Waals surface area contributed by atoms with E-state index < -0.39 is 0 Å². The molecule has 0 amide bonds. The molecule has 6 heteroatoms. The Morgan fingerprint density at radius 3 is 0.778 bits per heavy atom. The van der Waals surface area contributed by atoms with Gasteiger partial charge in [-0.15, -0.1) is 0 Å². The van der Waals surface area contributed by atoms with Crippen LogP contribution in [0, 0.1) is 0 Å². The van der Waals surface area contributed by atoms with Crippen molar-refractivity contribution in [3.8, 4) is 0 Å². The van der Waals surface area contributed by atoms with Gasteiger partial charge in [-0.25, -0.2) is 0 Å². The van der Waals surface area contributed by atoms with Crippen molar-refractivity contribution < 1.29 is 0 Å². The number of hydrogen-bond acceptors (Lipinski definition) is 2. The average molecular weight is 728 g/mol. The second kappa shape index (κ2) is 11.3. The van der Waals surface area contributed by atoms with E-state index in [1.807, 2.05) is 24.3 Å². The molecule has 178 valence electrons. The Bertz CT molecular complexity index is 1300. The first-order valence-corrected chi connectivity index (χ1v) is 14.4. The lowest BCUT2D eigenvalue weighted by Crippen LogP contribution is -2.12. The van der Waals surface area contributed by atoms with Gasteiger partial charge in [-0.1, -0.05) is 88.0 Å². The van der Waals surface area contributed by atoms with Crippen LogP contribution in [0.4, 0.5) is 34.1 Å². The minimum atomic E-state index is 1.03. The van der Waals surface area contributed by atoms with Gasteiger partial charge in [-0.3, -0.25) is 0 Å². The lowest BCUT2D eigenvalue weighted by Gasteiger charge is -2.28. The van der Waals surface area contributed by atoms with Crippen LogP contribution in [0.15, 0.2) is 139 Å². The predicted octanol–water partition coefficient (Wildman–Crippen LogP) is 11.7. The molecule has 0 saturated heterocycles. The summed E-state index contributed by atoms with van der Waals surface area (Å²) in [5, 5.41) is 0. The molecule has 2 nitrogen and oxygen atoms in total. The molecular weight excluding hydrogens is 708 g/mol. The van der Waals surface area contributed by atoms with Gasteiger partial charge in [0.15, 0.2) is 0 Å². The molecule has 0 aromatic heterocycles. The van der Waals surface area contributed by atoms with E-state index >= 15 is 0 Å². The molecule has 5 rings (SSSR count). The van der Waals surface area contributed by atoms with Crippen molar-refractivity contribution in [2.75, 3.05) is 9.80 Å². The van der Waals surface area contributed by atoms with Crippen LogP contribution in [0.1, 0.15) is 0 Å². The highest BCUT2D eigenvalue weighted by molar-refractivity contribution is 9.11. The maximum Gasteiger partial charge on any atom is 0.0472 e. The minimum absolute atomic E-state index is 1.03. The molecule has 0 fully saturated rings. The van der Waals surface area contributed by atoms with Gasteiger partial charge in [-0.2, -0.15) is 0 Å². The van der Waals surface area contributed by atoms with Crippen molar-refractivity contribution in [3.05, 3.63) is 139 Å². The first-order valence-electron chi connectivity index (χ1n) is 11.2. The zero-order valence-corrected chi connectivity index (χ0v) is 25.3. The van der Waals surface area contributed by atoms with E-state index in [-0.39, 0.29) is 0 Å². The Hall–Kier alpha value is -2.38. The second-order valence-electron chi connectivity index (χ2n) is 8.11. The molecule has 0 spiro atoms. The summed E-state index contributed by atoms with van der Waals surface area (Å²) >= 11 is 14.5. The monoisotopic (exact) mass is 724 g/mol. The van der Waals surface area contributed by atoms with E-state index in [9.17, 15) is 0 Å². The molecule has 0 aliphatic heterocycles. The smallest absolute Gasteiger partial charge is 0.0472 e. The summed E-state index contributed by atoms with van der Waals surface area (Å²) < 4.78 is 4.14. The van der Waals surface area contributed by atoms with Gasteiger partial charge < -0.3 is 9.80 Å². The fourth-order valence-corrected chi connectivity index (χ4v) is 5.65. The molecule has 0 saturated carbocycles. The molecule has 0 atom stereocenters. The maximum absolute atomic E-state index is 3.63. The maximum atomic E-state index is 3.63.